The van der Waals surface area contributed by atoms with E-state index in [1.54, 1.807) is 17.0 Å². The molecule has 0 radical (unpaired) electrons. The van der Waals surface area contributed by atoms with Gasteiger partial charge >= 0.3 is 6.09 Å². The summed E-state index contributed by atoms with van der Waals surface area (Å²) in [5.41, 5.74) is -0.219. The maximum absolute atomic E-state index is 12.7. The molecule has 4 heterocycles. The van der Waals surface area contributed by atoms with Crippen molar-refractivity contribution in [1.29, 1.82) is 0 Å². The van der Waals surface area contributed by atoms with Gasteiger partial charge in [-0.3, -0.25) is 0 Å². The SMILES string of the molecule is CC(C)(C)OC(=O)N1CC[C@H]2O[C@H]3c4ccc(O[C@@H]5O[C@H](CO)[C@H](O)[C@H](O)[C@H]5O)cc4OC(C)(C)[C@@H]3C[C@H]2C1. The Labute approximate surface area is 228 Å². The molecule has 5 rings (SSSR count). The molecular weight excluding hydrogens is 510 g/mol. The number of carbonyl (C=O) groups is 1. The zero-order valence-corrected chi connectivity index (χ0v) is 23.1. The van der Waals surface area contributed by atoms with Gasteiger partial charge in [-0.25, -0.2) is 4.79 Å². The Hall–Kier alpha value is -2.15. The number of hydrogen-bond donors (Lipinski definition) is 4. The van der Waals surface area contributed by atoms with Gasteiger partial charge < -0.3 is 49.0 Å². The Morgan fingerprint density at radius 2 is 1.87 bits per heavy atom. The van der Waals surface area contributed by atoms with Crippen molar-refractivity contribution in [2.24, 2.45) is 11.8 Å². The zero-order chi connectivity index (χ0) is 28.3. The van der Waals surface area contributed by atoms with Crippen LogP contribution >= 0.6 is 0 Å². The highest BCUT2D eigenvalue weighted by molar-refractivity contribution is 5.68. The first kappa shape index (κ1) is 28.4. The number of aliphatic hydroxyl groups excluding tert-OH is 4. The van der Waals surface area contributed by atoms with Crippen LogP contribution in [0.25, 0.3) is 0 Å². The van der Waals surface area contributed by atoms with E-state index in [1.165, 1.54) is 0 Å². The fraction of sp³-hybridized carbons (Fsp3) is 0.750. The van der Waals surface area contributed by atoms with Crippen molar-refractivity contribution in [3.63, 3.8) is 0 Å². The van der Waals surface area contributed by atoms with E-state index in [0.717, 1.165) is 18.4 Å². The first-order chi connectivity index (χ1) is 18.3. The number of nitrogens with zero attached hydrogens (tertiary/aromatic N) is 1. The average Bonchev–Trinajstić information content (AvgIpc) is 2.86. The van der Waals surface area contributed by atoms with Crippen LogP contribution in [-0.2, 0) is 14.2 Å². The number of benzene rings is 1. The van der Waals surface area contributed by atoms with Crippen LogP contribution in [0.1, 0.15) is 59.1 Å². The van der Waals surface area contributed by atoms with Gasteiger partial charge in [0.15, 0.2) is 0 Å². The number of rotatable bonds is 3. The summed E-state index contributed by atoms with van der Waals surface area (Å²) in [5.74, 6) is 1.16. The maximum atomic E-state index is 12.7. The number of hydrogen-bond acceptors (Lipinski definition) is 10. The minimum atomic E-state index is -1.53. The van der Waals surface area contributed by atoms with E-state index < -0.39 is 48.5 Å². The summed E-state index contributed by atoms with van der Waals surface area (Å²) >= 11 is 0. The summed E-state index contributed by atoms with van der Waals surface area (Å²) in [7, 11) is 0. The van der Waals surface area contributed by atoms with Gasteiger partial charge in [0.25, 0.3) is 0 Å². The smallest absolute Gasteiger partial charge is 0.410 e. The summed E-state index contributed by atoms with van der Waals surface area (Å²) in [4.78, 5) is 14.5. The van der Waals surface area contributed by atoms with E-state index in [4.69, 9.17) is 23.7 Å². The third kappa shape index (κ3) is 5.57. The number of carbonyl (C=O) groups excluding carboxylic acids is 1. The molecule has 0 saturated carbocycles. The lowest BCUT2D eigenvalue weighted by Crippen LogP contribution is -2.60. The van der Waals surface area contributed by atoms with Gasteiger partial charge in [-0.1, -0.05) is 0 Å². The molecule has 3 fully saturated rings. The molecule has 39 heavy (non-hydrogen) atoms. The molecule has 0 aromatic heterocycles. The molecule has 3 saturated heterocycles. The molecule has 11 nitrogen and oxygen atoms in total. The van der Waals surface area contributed by atoms with Crippen molar-refractivity contribution in [1.82, 2.24) is 4.90 Å². The number of amides is 1. The Bertz CT molecular complexity index is 1060. The van der Waals surface area contributed by atoms with Crippen molar-refractivity contribution >= 4 is 6.09 Å². The summed E-state index contributed by atoms with van der Waals surface area (Å²) in [6.45, 7) is 10.3. The molecular formula is C28H41NO10. The first-order valence-corrected chi connectivity index (χ1v) is 13.7. The molecule has 218 valence electrons. The summed E-state index contributed by atoms with van der Waals surface area (Å²) in [6.07, 6.45) is -5.76. The van der Waals surface area contributed by atoms with E-state index in [-0.39, 0.29) is 30.1 Å². The minimum absolute atomic E-state index is 0.0109. The van der Waals surface area contributed by atoms with Crippen molar-refractivity contribution in [3.8, 4) is 11.5 Å². The highest BCUT2D eigenvalue weighted by Crippen LogP contribution is 2.53. The van der Waals surface area contributed by atoms with E-state index in [2.05, 4.69) is 0 Å². The van der Waals surface area contributed by atoms with E-state index in [9.17, 15) is 25.2 Å². The summed E-state index contributed by atoms with van der Waals surface area (Å²) in [5, 5.41) is 39.9. The molecule has 0 unspecified atom stereocenters. The van der Waals surface area contributed by atoms with Crippen LogP contribution in [0.3, 0.4) is 0 Å². The Morgan fingerprint density at radius 3 is 2.56 bits per heavy atom. The van der Waals surface area contributed by atoms with Gasteiger partial charge in [0.05, 0.1) is 18.8 Å². The highest BCUT2D eigenvalue weighted by atomic mass is 16.7. The second-order valence-electron chi connectivity index (χ2n) is 12.6. The quantitative estimate of drug-likeness (QED) is 0.438. The monoisotopic (exact) mass is 551 g/mol. The Balaban J connectivity index is 1.31. The van der Waals surface area contributed by atoms with E-state index >= 15 is 0 Å². The molecule has 11 heteroatoms. The normalized spacial score (nSPS) is 37.6. The number of ether oxygens (including phenoxy) is 5. The van der Waals surface area contributed by atoms with Crippen LogP contribution in [0.5, 0.6) is 11.5 Å². The lowest BCUT2D eigenvalue weighted by atomic mass is 9.70. The second kappa shape index (κ2) is 10.4. The summed E-state index contributed by atoms with van der Waals surface area (Å²) in [6, 6.07) is 5.30. The Morgan fingerprint density at radius 1 is 1.13 bits per heavy atom. The third-order valence-corrected chi connectivity index (χ3v) is 8.22. The standard InChI is InChI=1S/C28H41NO10/c1-27(2,3)39-26(34)29-9-8-18-14(12-29)10-17-24(36-18)16-7-6-15(11-19(16)38-28(17,4)5)35-25-23(33)22(32)21(31)20(13-30)37-25/h6-7,11,14,17-18,20-25,30-33H,8-10,12-13H2,1-5H3/t14-,17+,18+,20+,21-,22-,23+,24-,25+/m0/s1. The zero-order valence-electron chi connectivity index (χ0n) is 23.1. The largest absolute Gasteiger partial charge is 0.487 e. The molecule has 4 aliphatic heterocycles. The lowest BCUT2D eigenvalue weighted by molar-refractivity contribution is -0.277. The Kier molecular flexibility index (Phi) is 7.53. The van der Waals surface area contributed by atoms with Crippen LogP contribution in [-0.4, -0.2) is 99.1 Å². The van der Waals surface area contributed by atoms with E-state index in [1.807, 2.05) is 40.7 Å². The molecule has 4 aliphatic rings. The van der Waals surface area contributed by atoms with E-state index in [0.29, 0.717) is 24.6 Å². The van der Waals surface area contributed by atoms with Crippen LogP contribution in [0.15, 0.2) is 18.2 Å². The van der Waals surface area contributed by atoms with Gasteiger partial charge in [-0.2, -0.15) is 0 Å². The molecule has 1 aromatic rings. The van der Waals surface area contributed by atoms with Gasteiger partial charge in [-0.05, 0) is 59.6 Å². The number of aliphatic hydroxyl groups is 4. The number of piperidine rings is 1. The van der Waals surface area contributed by atoms with Gasteiger partial charge in [0.2, 0.25) is 6.29 Å². The molecule has 0 aliphatic carbocycles. The number of likely N-dealkylation sites (tertiary alicyclic amines) is 1. The van der Waals surface area contributed by atoms with Crippen molar-refractivity contribution in [2.75, 3.05) is 19.7 Å². The molecule has 0 bridgehead atoms. The molecule has 9 atom stereocenters. The van der Waals surface area contributed by atoms with Crippen LogP contribution < -0.4 is 9.47 Å². The predicted molar refractivity (Wildman–Crippen MR) is 137 cm³/mol. The third-order valence-electron chi connectivity index (χ3n) is 8.22. The highest BCUT2D eigenvalue weighted by Gasteiger charge is 2.52. The first-order valence-electron chi connectivity index (χ1n) is 13.7. The lowest BCUT2D eigenvalue weighted by Gasteiger charge is -2.53. The van der Waals surface area contributed by atoms with Crippen molar-refractivity contribution in [2.45, 2.75) is 102 Å². The molecule has 1 amide bonds. The molecule has 4 N–H and O–H groups in total. The maximum Gasteiger partial charge on any atom is 0.410 e. The average molecular weight is 552 g/mol. The van der Waals surface area contributed by atoms with Crippen LogP contribution in [0.2, 0.25) is 0 Å². The van der Waals surface area contributed by atoms with Crippen LogP contribution in [0, 0.1) is 11.8 Å². The van der Waals surface area contributed by atoms with Gasteiger partial charge in [0.1, 0.15) is 47.1 Å². The van der Waals surface area contributed by atoms with Gasteiger partial charge in [-0.15, -0.1) is 0 Å². The minimum Gasteiger partial charge on any atom is -0.487 e. The molecule has 0 spiro atoms. The predicted octanol–water partition coefficient (Wildman–Crippen LogP) is 1.74. The van der Waals surface area contributed by atoms with Gasteiger partial charge in [0, 0.05) is 36.6 Å². The van der Waals surface area contributed by atoms with Crippen molar-refractivity contribution < 1.29 is 48.9 Å². The topological polar surface area (TPSA) is 147 Å². The second-order valence-corrected chi connectivity index (χ2v) is 12.6. The fourth-order valence-corrected chi connectivity index (χ4v) is 6.15. The van der Waals surface area contributed by atoms with Crippen LogP contribution in [0.4, 0.5) is 4.79 Å². The van der Waals surface area contributed by atoms with Crippen molar-refractivity contribution in [3.05, 3.63) is 23.8 Å². The fourth-order valence-electron chi connectivity index (χ4n) is 6.15. The number of fused-ring (bicyclic) bond motifs is 4. The summed E-state index contributed by atoms with van der Waals surface area (Å²) < 4.78 is 30.0. The molecule has 1 aromatic carbocycles.